The van der Waals surface area contributed by atoms with Crippen LogP contribution in [0.2, 0.25) is 0 Å². The maximum absolute atomic E-state index is 10.1. The molecule has 1 aromatic heterocycles. The molecular formula is C8H9N3O2. The minimum absolute atomic E-state index is 0.0218. The normalized spacial score (nSPS) is 10.5. The lowest BCUT2D eigenvalue weighted by Crippen LogP contribution is -1.93. The van der Waals surface area contributed by atoms with Crippen LogP contribution in [0.15, 0.2) is 18.2 Å². The fourth-order valence-corrected chi connectivity index (χ4v) is 0.722. The molecule has 0 aliphatic rings. The Morgan fingerprint density at radius 3 is 2.85 bits per heavy atom. The molecule has 0 aliphatic heterocycles. The average Bonchev–Trinajstić information content (AvgIpc) is 2.08. The molecule has 0 spiro atoms. The van der Waals surface area contributed by atoms with Crippen molar-refractivity contribution in [3.05, 3.63) is 23.9 Å². The molecule has 1 heterocycles. The smallest absolute Gasteiger partial charge is 0.307 e. The molecule has 0 saturated heterocycles. The fourth-order valence-electron chi connectivity index (χ4n) is 0.722. The average molecular weight is 179 g/mol. The highest BCUT2D eigenvalue weighted by molar-refractivity contribution is 5.70. The summed E-state index contributed by atoms with van der Waals surface area (Å²) >= 11 is 0. The third-order valence-electron chi connectivity index (χ3n) is 1.29. The first-order valence-electron chi connectivity index (χ1n) is 3.66. The largest absolute Gasteiger partial charge is 0.481 e. The van der Waals surface area contributed by atoms with Crippen LogP contribution >= 0.6 is 0 Å². The minimum atomic E-state index is -0.875. The highest BCUT2D eigenvalue weighted by Crippen LogP contribution is 1.99. The Hall–Kier alpha value is -1.91. The van der Waals surface area contributed by atoms with Gasteiger partial charge in [-0.2, -0.15) is 0 Å². The molecule has 13 heavy (non-hydrogen) atoms. The molecule has 0 radical (unpaired) electrons. The van der Waals surface area contributed by atoms with Crippen molar-refractivity contribution in [2.24, 2.45) is 0 Å². The zero-order valence-corrected chi connectivity index (χ0v) is 6.84. The second-order valence-corrected chi connectivity index (χ2v) is 2.38. The molecule has 1 aromatic rings. The van der Waals surface area contributed by atoms with Crippen LogP contribution in [0.3, 0.4) is 0 Å². The molecule has 0 bridgehead atoms. The first-order chi connectivity index (χ1) is 6.18. The number of hydrogen-bond acceptors (Lipinski definition) is 4. The van der Waals surface area contributed by atoms with E-state index in [1.165, 1.54) is 6.08 Å². The number of carboxylic acids is 1. The van der Waals surface area contributed by atoms with E-state index >= 15 is 0 Å². The van der Waals surface area contributed by atoms with Gasteiger partial charge in [0, 0.05) is 0 Å². The van der Waals surface area contributed by atoms with Crippen molar-refractivity contribution < 1.29 is 9.90 Å². The summed E-state index contributed by atoms with van der Waals surface area (Å²) in [5.74, 6) is -0.532. The van der Waals surface area contributed by atoms with Gasteiger partial charge in [0.2, 0.25) is 0 Å². The first kappa shape index (κ1) is 9.18. The summed E-state index contributed by atoms with van der Waals surface area (Å²) in [4.78, 5) is 10.1. The molecular weight excluding hydrogens is 170 g/mol. The lowest BCUT2D eigenvalue weighted by atomic mass is 10.3. The minimum Gasteiger partial charge on any atom is -0.481 e. The Kier molecular flexibility index (Phi) is 2.97. The van der Waals surface area contributed by atoms with Crippen LogP contribution < -0.4 is 5.73 Å². The summed E-state index contributed by atoms with van der Waals surface area (Å²) in [6, 6.07) is 3.27. The fraction of sp³-hybridized carbons (Fsp3) is 0.125. The Morgan fingerprint density at radius 1 is 1.54 bits per heavy atom. The predicted octanol–water partition coefficient (Wildman–Crippen LogP) is 0.547. The maximum atomic E-state index is 10.1. The van der Waals surface area contributed by atoms with Crippen molar-refractivity contribution in [2.75, 3.05) is 5.73 Å². The van der Waals surface area contributed by atoms with Gasteiger partial charge in [-0.25, -0.2) is 0 Å². The van der Waals surface area contributed by atoms with E-state index in [4.69, 9.17) is 10.8 Å². The Bertz CT molecular complexity index is 319. The molecule has 3 N–H and O–H groups in total. The Morgan fingerprint density at radius 2 is 2.31 bits per heavy atom. The number of nitrogens with zero attached hydrogens (tertiary/aromatic N) is 2. The lowest BCUT2D eigenvalue weighted by molar-refractivity contribution is -0.135. The molecule has 68 valence electrons. The Labute approximate surface area is 74.9 Å². The van der Waals surface area contributed by atoms with Crippen LogP contribution in [0.5, 0.6) is 0 Å². The maximum Gasteiger partial charge on any atom is 0.307 e. The van der Waals surface area contributed by atoms with Crippen LogP contribution in [-0.2, 0) is 4.79 Å². The highest BCUT2D eigenvalue weighted by atomic mass is 16.4. The van der Waals surface area contributed by atoms with Crippen LogP contribution in [0, 0.1) is 0 Å². The van der Waals surface area contributed by atoms with Gasteiger partial charge >= 0.3 is 5.97 Å². The molecule has 0 atom stereocenters. The van der Waals surface area contributed by atoms with E-state index < -0.39 is 5.97 Å². The van der Waals surface area contributed by atoms with E-state index in [1.54, 1.807) is 18.2 Å². The number of anilines is 1. The summed E-state index contributed by atoms with van der Waals surface area (Å²) in [7, 11) is 0. The van der Waals surface area contributed by atoms with E-state index in [1.807, 2.05) is 0 Å². The van der Waals surface area contributed by atoms with Crippen molar-refractivity contribution in [1.82, 2.24) is 10.2 Å². The van der Waals surface area contributed by atoms with E-state index in [9.17, 15) is 4.79 Å². The van der Waals surface area contributed by atoms with E-state index in [-0.39, 0.29) is 6.42 Å². The summed E-state index contributed by atoms with van der Waals surface area (Å²) in [5, 5.41) is 15.7. The van der Waals surface area contributed by atoms with Crippen molar-refractivity contribution in [3.63, 3.8) is 0 Å². The summed E-state index contributed by atoms with van der Waals surface area (Å²) in [6.45, 7) is 0. The predicted molar refractivity (Wildman–Crippen MR) is 47.7 cm³/mol. The molecule has 5 heteroatoms. The summed E-state index contributed by atoms with van der Waals surface area (Å²) in [6.07, 6.45) is 3.06. The van der Waals surface area contributed by atoms with Gasteiger partial charge in [-0.05, 0) is 18.2 Å². The van der Waals surface area contributed by atoms with Crippen LogP contribution in [0.4, 0.5) is 5.82 Å². The second kappa shape index (κ2) is 4.20. The van der Waals surface area contributed by atoms with E-state index in [0.29, 0.717) is 11.5 Å². The number of aliphatic carboxylic acids is 1. The molecule has 0 aliphatic carbocycles. The zero-order valence-electron chi connectivity index (χ0n) is 6.84. The van der Waals surface area contributed by atoms with Crippen molar-refractivity contribution >= 4 is 17.9 Å². The van der Waals surface area contributed by atoms with Gasteiger partial charge in [0.25, 0.3) is 0 Å². The molecule has 5 nitrogen and oxygen atoms in total. The number of nitrogens with two attached hydrogens (primary N) is 1. The number of rotatable bonds is 3. The van der Waals surface area contributed by atoms with Crippen LogP contribution in [0.25, 0.3) is 6.08 Å². The van der Waals surface area contributed by atoms with E-state index in [0.717, 1.165) is 0 Å². The standard InChI is InChI=1S/C8H9N3O2/c9-7-5-4-6(10-11-7)2-1-3-8(12)13/h1-2,4-5H,3H2,(H2,9,11)(H,12,13). The molecule has 0 unspecified atom stereocenters. The number of carboxylic acid groups (broad SMARTS) is 1. The molecule has 0 fully saturated rings. The van der Waals surface area contributed by atoms with Crippen molar-refractivity contribution in [1.29, 1.82) is 0 Å². The van der Waals surface area contributed by atoms with Gasteiger partial charge in [0.15, 0.2) is 0 Å². The number of hydrogen-bond donors (Lipinski definition) is 2. The van der Waals surface area contributed by atoms with Crippen LogP contribution in [-0.4, -0.2) is 21.3 Å². The van der Waals surface area contributed by atoms with Crippen LogP contribution in [0.1, 0.15) is 12.1 Å². The topological polar surface area (TPSA) is 89.1 Å². The van der Waals surface area contributed by atoms with Gasteiger partial charge in [0.1, 0.15) is 5.82 Å². The Balaban J connectivity index is 2.59. The van der Waals surface area contributed by atoms with E-state index in [2.05, 4.69) is 10.2 Å². The van der Waals surface area contributed by atoms with Gasteiger partial charge in [0.05, 0.1) is 12.1 Å². The molecule has 0 amide bonds. The zero-order chi connectivity index (χ0) is 9.68. The molecule has 0 aromatic carbocycles. The molecule has 0 saturated carbocycles. The van der Waals surface area contributed by atoms with Gasteiger partial charge < -0.3 is 10.8 Å². The summed E-state index contributed by atoms with van der Waals surface area (Å²) < 4.78 is 0. The van der Waals surface area contributed by atoms with Crippen molar-refractivity contribution in [2.45, 2.75) is 6.42 Å². The molecule has 1 rings (SSSR count). The second-order valence-electron chi connectivity index (χ2n) is 2.38. The quantitative estimate of drug-likeness (QED) is 0.707. The highest BCUT2D eigenvalue weighted by Gasteiger charge is 1.92. The van der Waals surface area contributed by atoms with Crippen molar-refractivity contribution in [3.8, 4) is 0 Å². The SMILES string of the molecule is Nc1ccc(C=CCC(=O)O)nn1. The number of aromatic nitrogens is 2. The van der Waals surface area contributed by atoms with Gasteiger partial charge in [-0.15, -0.1) is 10.2 Å². The third kappa shape index (κ3) is 3.33. The monoisotopic (exact) mass is 179 g/mol. The lowest BCUT2D eigenvalue weighted by Gasteiger charge is -1.91. The van der Waals surface area contributed by atoms with Gasteiger partial charge in [-0.3, -0.25) is 4.79 Å². The summed E-state index contributed by atoms with van der Waals surface area (Å²) in [5.41, 5.74) is 5.90. The first-order valence-corrected chi connectivity index (χ1v) is 3.66. The number of carbonyl (C=O) groups is 1. The third-order valence-corrected chi connectivity index (χ3v) is 1.29. The number of nitrogen functional groups attached to an aromatic ring is 1. The van der Waals surface area contributed by atoms with Gasteiger partial charge in [-0.1, -0.05) is 6.08 Å².